The van der Waals surface area contributed by atoms with Gasteiger partial charge in [0.15, 0.2) is 0 Å². The Hall–Kier alpha value is -1.06. The average molecular weight is 241 g/mol. The van der Waals surface area contributed by atoms with Crippen LogP contribution in [-0.4, -0.2) is 35.5 Å². The van der Waals surface area contributed by atoms with Crippen LogP contribution in [0.15, 0.2) is 0 Å². The quantitative estimate of drug-likeness (QED) is 0.767. The first-order valence-electron chi connectivity index (χ1n) is 6.50. The second kappa shape index (κ2) is 6.62. The highest BCUT2D eigenvalue weighted by Gasteiger charge is 2.25. The summed E-state index contributed by atoms with van der Waals surface area (Å²) in [6, 6.07) is 0. The smallest absolute Gasteiger partial charge is 0.308 e. The lowest BCUT2D eigenvalue weighted by atomic mass is 9.98. The lowest BCUT2D eigenvalue weighted by molar-refractivity contribution is -0.143. The molecule has 0 aromatic carbocycles. The van der Waals surface area contributed by atoms with E-state index in [0.717, 1.165) is 25.7 Å². The van der Waals surface area contributed by atoms with Gasteiger partial charge in [0.25, 0.3) is 0 Å². The van der Waals surface area contributed by atoms with Crippen LogP contribution in [0, 0.1) is 11.8 Å². The van der Waals surface area contributed by atoms with E-state index in [1.54, 1.807) is 18.9 Å². The molecule has 1 unspecified atom stereocenters. The molecule has 1 aliphatic rings. The minimum Gasteiger partial charge on any atom is -0.481 e. The van der Waals surface area contributed by atoms with Crippen molar-refractivity contribution in [1.29, 1.82) is 0 Å². The number of hydrogen-bond donors (Lipinski definition) is 1. The number of rotatable bonds is 4. The second-order valence-electron chi connectivity index (χ2n) is 5.15. The van der Waals surface area contributed by atoms with E-state index in [1.165, 1.54) is 12.8 Å². The van der Waals surface area contributed by atoms with Gasteiger partial charge in [-0.15, -0.1) is 0 Å². The number of carboxylic acid groups (broad SMARTS) is 1. The fraction of sp³-hybridized carbons (Fsp3) is 0.846. The highest BCUT2D eigenvalue weighted by molar-refractivity contribution is 5.79. The van der Waals surface area contributed by atoms with Gasteiger partial charge in [0, 0.05) is 19.5 Å². The van der Waals surface area contributed by atoms with Crippen molar-refractivity contribution in [2.24, 2.45) is 11.8 Å². The molecule has 4 heteroatoms. The third-order valence-electron chi connectivity index (χ3n) is 3.55. The first-order valence-corrected chi connectivity index (χ1v) is 6.50. The van der Waals surface area contributed by atoms with E-state index in [0.29, 0.717) is 6.54 Å². The van der Waals surface area contributed by atoms with Gasteiger partial charge >= 0.3 is 5.97 Å². The number of hydrogen-bond acceptors (Lipinski definition) is 2. The van der Waals surface area contributed by atoms with Crippen molar-refractivity contribution in [2.45, 2.75) is 45.4 Å². The Morgan fingerprint density at radius 1 is 1.24 bits per heavy atom. The monoisotopic (exact) mass is 241 g/mol. The number of carbonyl (C=O) groups excluding carboxylic acids is 1. The van der Waals surface area contributed by atoms with Crippen LogP contribution in [0.3, 0.4) is 0 Å². The SMILES string of the molecule is CC(CN(C)C(=O)C1CCCCCC1)C(=O)O. The Labute approximate surface area is 103 Å². The molecule has 0 bridgehead atoms. The first kappa shape index (κ1) is 14.0. The third kappa shape index (κ3) is 4.36. The highest BCUT2D eigenvalue weighted by Crippen LogP contribution is 2.24. The first-order chi connectivity index (χ1) is 8.02. The fourth-order valence-corrected chi connectivity index (χ4v) is 2.42. The predicted octanol–water partition coefficient (Wildman–Crippen LogP) is 2.14. The molecule has 0 saturated heterocycles. The minimum absolute atomic E-state index is 0.114. The fourth-order valence-electron chi connectivity index (χ4n) is 2.42. The summed E-state index contributed by atoms with van der Waals surface area (Å²) < 4.78 is 0. The summed E-state index contributed by atoms with van der Waals surface area (Å²) >= 11 is 0. The van der Waals surface area contributed by atoms with Crippen LogP contribution in [0.25, 0.3) is 0 Å². The van der Waals surface area contributed by atoms with Crippen molar-refractivity contribution in [3.8, 4) is 0 Å². The molecule has 4 nitrogen and oxygen atoms in total. The summed E-state index contributed by atoms with van der Waals surface area (Å²) in [6.07, 6.45) is 6.62. The van der Waals surface area contributed by atoms with E-state index < -0.39 is 11.9 Å². The van der Waals surface area contributed by atoms with Gasteiger partial charge in [-0.3, -0.25) is 9.59 Å². The largest absolute Gasteiger partial charge is 0.481 e. The van der Waals surface area contributed by atoms with Crippen LogP contribution in [-0.2, 0) is 9.59 Å². The molecule has 0 spiro atoms. The summed E-state index contributed by atoms with van der Waals surface area (Å²) in [6.45, 7) is 1.95. The zero-order valence-electron chi connectivity index (χ0n) is 10.8. The minimum atomic E-state index is -0.842. The number of carbonyl (C=O) groups is 2. The molecule has 0 aliphatic heterocycles. The van der Waals surface area contributed by atoms with Gasteiger partial charge in [0.2, 0.25) is 5.91 Å². The molecular formula is C13H23NO3. The molecule has 0 radical (unpaired) electrons. The number of aliphatic carboxylic acids is 1. The lowest BCUT2D eigenvalue weighted by Crippen LogP contribution is -2.37. The maximum atomic E-state index is 12.1. The van der Waals surface area contributed by atoms with Gasteiger partial charge in [0.05, 0.1) is 5.92 Å². The van der Waals surface area contributed by atoms with Crippen LogP contribution >= 0.6 is 0 Å². The molecule has 1 saturated carbocycles. The van der Waals surface area contributed by atoms with E-state index in [2.05, 4.69) is 0 Å². The summed E-state index contributed by atoms with van der Waals surface area (Å²) in [4.78, 5) is 24.5. The molecule has 1 fully saturated rings. The molecule has 1 atom stereocenters. The summed E-state index contributed by atoms with van der Waals surface area (Å²) in [5.74, 6) is -1.09. The van der Waals surface area contributed by atoms with Gasteiger partial charge in [-0.2, -0.15) is 0 Å². The Balaban J connectivity index is 2.47. The molecule has 1 rings (SSSR count). The average Bonchev–Trinajstić information content (AvgIpc) is 2.56. The van der Waals surface area contributed by atoms with Crippen LogP contribution in [0.2, 0.25) is 0 Å². The van der Waals surface area contributed by atoms with Crippen molar-refractivity contribution < 1.29 is 14.7 Å². The van der Waals surface area contributed by atoms with Crippen LogP contribution in [0.4, 0.5) is 0 Å². The second-order valence-corrected chi connectivity index (χ2v) is 5.15. The van der Waals surface area contributed by atoms with Crippen LogP contribution < -0.4 is 0 Å². The molecule has 1 aliphatic carbocycles. The van der Waals surface area contributed by atoms with E-state index in [-0.39, 0.29) is 11.8 Å². The normalized spacial score (nSPS) is 19.4. The maximum Gasteiger partial charge on any atom is 0.308 e. The van der Waals surface area contributed by atoms with E-state index in [4.69, 9.17) is 5.11 Å². The summed E-state index contributed by atoms with van der Waals surface area (Å²) in [5.41, 5.74) is 0. The zero-order valence-corrected chi connectivity index (χ0v) is 10.8. The zero-order chi connectivity index (χ0) is 12.8. The van der Waals surface area contributed by atoms with Gasteiger partial charge < -0.3 is 10.0 Å². The van der Waals surface area contributed by atoms with E-state index in [9.17, 15) is 9.59 Å². The number of carboxylic acids is 1. The Bertz CT molecular complexity index is 270. The molecule has 0 aromatic rings. The third-order valence-corrected chi connectivity index (χ3v) is 3.55. The van der Waals surface area contributed by atoms with Crippen molar-refractivity contribution >= 4 is 11.9 Å². The molecule has 1 amide bonds. The molecule has 1 N–H and O–H groups in total. The van der Waals surface area contributed by atoms with E-state index >= 15 is 0 Å². The summed E-state index contributed by atoms with van der Waals surface area (Å²) in [5, 5.41) is 8.83. The Kier molecular flexibility index (Phi) is 5.45. The predicted molar refractivity (Wildman–Crippen MR) is 65.6 cm³/mol. The highest BCUT2D eigenvalue weighted by atomic mass is 16.4. The number of nitrogens with zero attached hydrogens (tertiary/aromatic N) is 1. The Morgan fingerprint density at radius 2 is 1.76 bits per heavy atom. The molecule has 17 heavy (non-hydrogen) atoms. The van der Waals surface area contributed by atoms with Gasteiger partial charge in [-0.05, 0) is 12.8 Å². The summed E-state index contributed by atoms with van der Waals surface area (Å²) in [7, 11) is 1.71. The Morgan fingerprint density at radius 3 is 2.24 bits per heavy atom. The maximum absolute atomic E-state index is 12.1. The molecular weight excluding hydrogens is 218 g/mol. The molecule has 0 aromatic heterocycles. The topological polar surface area (TPSA) is 57.6 Å². The van der Waals surface area contributed by atoms with Crippen molar-refractivity contribution in [3.05, 3.63) is 0 Å². The van der Waals surface area contributed by atoms with Crippen molar-refractivity contribution in [3.63, 3.8) is 0 Å². The molecule has 98 valence electrons. The van der Waals surface area contributed by atoms with Crippen LogP contribution in [0.1, 0.15) is 45.4 Å². The van der Waals surface area contributed by atoms with Crippen LogP contribution in [0.5, 0.6) is 0 Å². The number of amides is 1. The van der Waals surface area contributed by atoms with Gasteiger partial charge in [-0.1, -0.05) is 32.6 Å². The van der Waals surface area contributed by atoms with Crippen molar-refractivity contribution in [1.82, 2.24) is 4.90 Å². The molecule has 0 heterocycles. The standard InChI is InChI=1S/C13H23NO3/c1-10(13(16)17)9-14(2)12(15)11-7-5-3-4-6-8-11/h10-11H,3-9H2,1-2H3,(H,16,17). The van der Waals surface area contributed by atoms with Gasteiger partial charge in [-0.25, -0.2) is 0 Å². The van der Waals surface area contributed by atoms with Gasteiger partial charge in [0.1, 0.15) is 0 Å². The van der Waals surface area contributed by atoms with E-state index in [1.807, 2.05) is 0 Å². The van der Waals surface area contributed by atoms with Crippen molar-refractivity contribution in [2.75, 3.05) is 13.6 Å². The lowest BCUT2D eigenvalue weighted by Gasteiger charge is -2.24.